The highest BCUT2D eigenvalue weighted by molar-refractivity contribution is 5.80. The van der Waals surface area contributed by atoms with E-state index in [-0.39, 0.29) is 0 Å². The number of anilines is 2. The SMILES string of the molecule is C1=C/C=C\c2c(nc3nc2N3)C=C1. The van der Waals surface area contributed by atoms with E-state index in [0.29, 0.717) is 0 Å². The molecular formula is C10H7N3. The van der Waals surface area contributed by atoms with Crippen LogP contribution in [0.15, 0.2) is 24.3 Å². The van der Waals surface area contributed by atoms with Gasteiger partial charge in [0.1, 0.15) is 5.82 Å². The van der Waals surface area contributed by atoms with Crippen LogP contribution in [-0.2, 0) is 0 Å². The second-order valence-electron chi connectivity index (χ2n) is 2.92. The summed E-state index contributed by atoms with van der Waals surface area (Å²) in [6, 6.07) is 0. The molecule has 0 fully saturated rings. The second kappa shape index (κ2) is 2.29. The Bertz CT molecular complexity index is 455. The number of nitrogens with one attached hydrogen (secondary N) is 1. The van der Waals surface area contributed by atoms with Crippen molar-refractivity contribution >= 4 is 23.9 Å². The van der Waals surface area contributed by atoms with Gasteiger partial charge in [0.2, 0.25) is 5.95 Å². The Balaban J connectivity index is 2.25. The van der Waals surface area contributed by atoms with Crippen LogP contribution >= 0.6 is 0 Å². The fraction of sp³-hybridized carbons (Fsp3) is 0. The molecular weight excluding hydrogens is 162 g/mol. The molecule has 0 saturated carbocycles. The molecule has 0 atom stereocenters. The Morgan fingerprint density at radius 3 is 2.54 bits per heavy atom. The van der Waals surface area contributed by atoms with Gasteiger partial charge in [-0.05, 0) is 12.2 Å². The molecule has 4 rings (SSSR count). The first-order valence-corrected chi connectivity index (χ1v) is 4.14. The van der Waals surface area contributed by atoms with E-state index in [1.54, 1.807) is 0 Å². The number of hydrogen-bond acceptors (Lipinski definition) is 3. The number of aromatic nitrogens is 2. The standard InChI is InChI=1S/C10H7N3/c1-2-4-6-8-7(5-3-1)9-12-10(11-8)13-9/h1-6H,(H,11,12,13)/b2-1?,3-1?,4-2?,5-3-,6-4?,7-5?,8-6?. The molecule has 1 aliphatic carbocycles. The first-order chi connectivity index (χ1) is 6.43. The quantitative estimate of drug-likeness (QED) is 0.656. The summed E-state index contributed by atoms with van der Waals surface area (Å²) >= 11 is 0. The molecule has 1 aromatic rings. The maximum absolute atomic E-state index is 4.30. The zero-order chi connectivity index (χ0) is 8.67. The Morgan fingerprint density at radius 2 is 1.69 bits per heavy atom. The summed E-state index contributed by atoms with van der Waals surface area (Å²) in [4.78, 5) is 8.47. The molecule has 13 heavy (non-hydrogen) atoms. The molecule has 3 aliphatic rings. The van der Waals surface area contributed by atoms with Crippen molar-refractivity contribution in [1.29, 1.82) is 0 Å². The number of rotatable bonds is 0. The predicted molar refractivity (Wildman–Crippen MR) is 52.5 cm³/mol. The van der Waals surface area contributed by atoms with Crippen LogP contribution in [0.25, 0.3) is 12.2 Å². The summed E-state index contributed by atoms with van der Waals surface area (Å²) in [7, 11) is 0. The molecule has 0 radical (unpaired) electrons. The minimum absolute atomic E-state index is 0.719. The van der Waals surface area contributed by atoms with Crippen molar-refractivity contribution in [2.45, 2.75) is 0 Å². The van der Waals surface area contributed by atoms with E-state index in [1.807, 2.05) is 36.5 Å². The molecule has 1 N–H and O–H groups in total. The van der Waals surface area contributed by atoms with Crippen LogP contribution in [0, 0.1) is 0 Å². The van der Waals surface area contributed by atoms with Crippen molar-refractivity contribution in [3.8, 4) is 0 Å². The van der Waals surface area contributed by atoms with E-state index in [0.717, 1.165) is 23.0 Å². The minimum atomic E-state index is 0.719. The van der Waals surface area contributed by atoms with Gasteiger partial charge in [-0.3, -0.25) is 0 Å². The maximum atomic E-state index is 4.30. The molecule has 0 unspecified atom stereocenters. The lowest BCUT2D eigenvalue weighted by atomic mass is 10.1. The third-order valence-electron chi connectivity index (χ3n) is 2.06. The lowest BCUT2D eigenvalue weighted by Gasteiger charge is -2.19. The predicted octanol–water partition coefficient (Wildman–Crippen LogP) is 2.13. The number of allylic oxidation sites excluding steroid dienone is 4. The van der Waals surface area contributed by atoms with Gasteiger partial charge >= 0.3 is 0 Å². The van der Waals surface area contributed by atoms with Gasteiger partial charge in [0.25, 0.3) is 0 Å². The number of nitrogens with zero attached hydrogens (tertiary/aromatic N) is 2. The molecule has 0 aromatic carbocycles. The summed E-state index contributed by atoms with van der Waals surface area (Å²) in [5.74, 6) is 1.65. The molecule has 2 aliphatic heterocycles. The first-order valence-electron chi connectivity index (χ1n) is 4.14. The highest BCUT2D eigenvalue weighted by atomic mass is 15.2. The van der Waals surface area contributed by atoms with Gasteiger partial charge in [0.05, 0.1) is 5.69 Å². The Kier molecular flexibility index (Phi) is 1.16. The summed E-state index contributed by atoms with van der Waals surface area (Å²) in [6.45, 7) is 0. The molecule has 2 bridgehead atoms. The lowest BCUT2D eigenvalue weighted by Crippen LogP contribution is -2.14. The van der Waals surface area contributed by atoms with Crippen molar-refractivity contribution in [2.75, 3.05) is 5.32 Å². The van der Waals surface area contributed by atoms with Crippen molar-refractivity contribution < 1.29 is 0 Å². The van der Waals surface area contributed by atoms with Crippen LogP contribution in [0.1, 0.15) is 11.3 Å². The van der Waals surface area contributed by atoms with Gasteiger partial charge in [-0.2, -0.15) is 4.98 Å². The van der Waals surface area contributed by atoms with Gasteiger partial charge in [0, 0.05) is 5.56 Å². The summed E-state index contributed by atoms with van der Waals surface area (Å²) < 4.78 is 0. The average molecular weight is 169 g/mol. The van der Waals surface area contributed by atoms with E-state index in [1.165, 1.54) is 0 Å². The van der Waals surface area contributed by atoms with Crippen LogP contribution in [0.4, 0.5) is 11.8 Å². The zero-order valence-electron chi connectivity index (χ0n) is 6.86. The average Bonchev–Trinajstić information content (AvgIpc) is 2.02. The van der Waals surface area contributed by atoms with Crippen molar-refractivity contribution in [1.82, 2.24) is 9.97 Å². The molecule has 0 spiro atoms. The number of hydrogen-bond donors (Lipinski definition) is 1. The maximum Gasteiger partial charge on any atom is 0.230 e. The summed E-state index contributed by atoms with van der Waals surface area (Å²) in [6.07, 6.45) is 11.9. The van der Waals surface area contributed by atoms with Crippen molar-refractivity contribution in [2.24, 2.45) is 0 Å². The highest BCUT2D eigenvalue weighted by Crippen LogP contribution is 2.30. The molecule has 3 heteroatoms. The van der Waals surface area contributed by atoms with E-state index in [2.05, 4.69) is 15.3 Å². The van der Waals surface area contributed by atoms with Gasteiger partial charge in [0.15, 0.2) is 0 Å². The van der Waals surface area contributed by atoms with Crippen LogP contribution in [0.3, 0.4) is 0 Å². The van der Waals surface area contributed by atoms with Crippen LogP contribution < -0.4 is 5.32 Å². The summed E-state index contributed by atoms with van der Waals surface area (Å²) in [5.41, 5.74) is 2.05. The molecule has 0 amide bonds. The monoisotopic (exact) mass is 169 g/mol. The molecule has 1 aromatic heterocycles. The highest BCUT2D eigenvalue weighted by Gasteiger charge is 2.18. The van der Waals surface area contributed by atoms with E-state index in [9.17, 15) is 0 Å². The Hall–Kier alpha value is -1.90. The first kappa shape index (κ1) is 6.60. The second-order valence-corrected chi connectivity index (χ2v) is 2.92. The summed E-state index contributed by atoms with van der Waals surface area (Å²) in [5, 5.41) is 3.06. The van der Waals surface area contributed by atoms with Crippen LogP contribution in [-0.4, -0.2) is 9.97 Å². The van der Waals surface area contributed by atoms with Gasteiger partial charge in [-0.25, -0.2) is 4.98 Å². The molecule has 0 saturated heterocycles. The van der Waals surface area contributed by atoms with Crippen molar-refractivity contribution in [3.63, 3.8) is 0 Å². The third kappa shape index (κ3) is 0.902. The van der Waals surface area contributed by atoms with Crippen molar-refractivity contribution in [3.05, 3.63) is 35.6 Å². The topological polar surface area (TPSA) is 37.8 Å². The minimum Gasteiger partial charge on any atom is -0.308 e. The largest absolute Gasteiger partial charge is 0.308 e. The fourth-order valence-corrected chi connectivity index (χ4v) is 1.41. The normalized spacial score (nSPS) is 17.8. The zero-order valence-corrected chi connectivity index (χ0v) is 6.86. The van der Waals surface area contributed by atoms with E-state index < -0.39 is 0 Å². The Morgan fingerprint density at radius 1 is 0.923 bits per heavy atom. The molecule has 3 heterocycles. The lowest BCUT2D eigenvalue weighted by molar-refractivity contribution is 1.06. The molecule has 3 nitrogen and oxygen atoms in total. The van der Waals surface area contributed by atoms with Crippen LogP contribution in [0.2, 0.25) is 0 Å². The third-order valence-corrected chi connectivity index (χ3v) is 2.06. The smallest absolute Gasteiger partial charge is 0.230 e. The fourth-order valence-electron chi connectivity index (χ4n) is 1.41. The van der Waals surface area contributed by atoms with Crippen LogP contribution in [0.5, 0.6) is 0 Å². The van der Waals surface area contributed by atoms with Gasteiger partial charge < -0.3 is 5.32 Å². The van der Waals surface area contributed by atoms with Gasteiger partial charge in [-0.1, -0.05) is 24.3 Å². The van der Waals surface area contributed by atoms with E-state index in [4.69, 9.17) is 0 Å². The van der Waals surface area contributed by atoms with Gasteiger partial charge in [-0.15, -0.1) is 0 Å². The Labute approximate surface area is 75.5 Å². The van der Waals surface area contributed by atoms with E-state index >= 15 is 0 Å². The molecule has 62 valence electrons.